The largest absolute Gasteiger partial charge is 0.357 e. The molecule has 0 unspecified atom stereocenters. The maximum atomic E-state index is 12.2. The normalized spacial score (nSPS) is 16.2. The SMILES string of the molecule is O=S(=O)(CCSc1nnc(NC2CCCCC2)s1)c1ccccc1. The summed E-state index contributed by atoms with van der Waals surface area (Å²) in [5.41, 5.74) is 0. The Hall–Kier alpha value is -1.12. The quantitative estimate of drug-likeness (QED) is 0.732. The van der Waals surface area contributed by atoms with Crippen LogP contribution in [0.3, 0.4) is 0 Å². The van der Waals surface area contributed by atoms with Gasteiger partial charge in [0.2, 0.25) is 5.13 Å². The number of nitrogens with one attached hydrogen (secondary N) is 1. The van der Waals surface area contributed by atoms with Crippen molar-refractivity contribution >= 4 is 38.1 Å². The molecule has 5 nitrogen and oxygen atoms in total. The first-order valence-electron chi connectivity index (χ1n) is 8.14. The van der Waals surface area contributed by atoms with Gasteiger partial charge in [-0.15, -0.1) is 10.2 Å². The van der Waals surface area contributed by atoms with Gasteiger partial charge in [-0.2, -0.15) is 0 Å². The Balaban J connectivity index is 1.49. The Morgan fingerprint density at radius 2 is 1.88 bits per heavy atom. The molecule has 1 aromatic carbocycles. The van der Waals surface area contributed by atoms with Crippen LogP contribution in [0.2, 0.25) is 0 Å². The number of hydrogen-bond acceptors (Lipinski definition) is 7. The molecule has 1 aromatic heterocycles. The highest BCUT2D eigenvalue weighted by Crippen LogP contribution is 2.28. The van der Waals surface area contributed by atoms with E-state index in [4.69, 9.17) is 0 Å². The highest BCUT2D eigenvalue weighted by atomic mass is 32.2. The lowest BCUT2D eigenvalue weighted by Gasteiger charge is -2.21. The van der Waals surface area contributed by atoms with Gasteiger partial charge in [-0.05, 0) is 25.0 Å². The van der Waals surface area contributed by atoms with Crippen LogP contribution in [-0.4, -0.2) is 36.2 Å². The van der Waals surface area contributed by atoms with Gasteiger partial charge in [0.1, 0.15) is 0 Å². The summed E-state index contributed by atoms with van der Waals surface area (Å²) < 4.78 is 25.3. The highest BCUT2D eigenvalue weighted by molar-refractivity contribution is 8.02. The second-order valence-corrected chi connectivity index (χ2v) is 10.3. The van der Waals surface area contributed by atoms with Gasteiger partial charge in [0.05, 0.1) is 10.6 Å². The topological polar surface area (TPSA) is 72.0 Å². The van der Waals surface area contributed by atoms with Crippen molar-refractivity contribution in [1.29, 1.82) is 0 Å². The number of sulfone groups is 1. The highest BCUT2D eigenvalue weighted by Gasteiger charge is 2.17. The molecular weight excluding hydrogens is 362 g/mol. The van der Waals surface area contributed by atoms with E-state index in [1.165, 1.54) is 55.2 Å². The minimum Gasteiger partial charge on any atom is -0.357 e. The Morgan fingerprint density at radius 1 is 1.12 bits per heavy atom. The number of rotatable bonds is 7. The third-order valence-electron chi connectivity index (χ3n) is 4.02. The summed E-state index contributed by atoms with van der Waals surface area (Å²) in [6.07, 6.45) is 6.25. The molecule has 0 aliphatic heterocycles. The molecule has 1 heterocycles. The molecule has 0 atom stereocenters. The lowest BCUT2D eigenvalue weighted by atomic mass is 9.96. The monoisotopic (exact) mass is 383 g/mol. The van der Waals surface area contributed by atoms with Crippen LogP contribution in [0.15, 0.2) is 39.6 Å². The predicted molar refractivity (Wildman–Crippen MR) is 99.6 cm³/mol. The summed E-state index contributed by atoms with van der Waals surface area (Å²) in [5, 5.41) is 12.6. The average Bonchev–Trinajstić information content (AvgIpc) is 3.04. The summed E-state index contributed by atoms with van der Waals surface area (Å²) in [4.78, 5) is 0.377. The van der Waals surface area contributed by atoms with E-state index >= 15 is 0 Å². The second-order valence-electron chi connectivity index (χ2n) is 5.83. The number of aromatic nitrogens is 2. The fraction of sp³-hybridized carbons (Fsp3) is 0.500. The molecule has 3 rings (SSSR count). The van der Waals surface area contributed by atoms with Crippen molar-refractivity contribution < 1.29 is 8.42 Å². The smallest absolute Gasteiger partial charge is 0.206 e. The summed E-state index contributed by atoms with van der Waals surface area (Å²) in [6.45, 7) is 0. The molecule has 0 radical (unpaired) electrons. The summed E-state index contributed by atoms with van der Waals surface area (Å²) in [5.74, 6) is 0.585. The molecule has 0 bridgehead atoms. The lowest BCUT2D eigenvalue weighted by molar-refractivity contribution is 0.462. The van der Waals surface area contributed by atoms with Gasteiger partial charge in [0, 0.05) is 11.8 Å². The van der Waals surface area contributed by atoms with E-state index in [-0.39, 0.29) is 5.75 Å². The number of benzene rings is 1. The Morgan fingerprint density at radius 3 is 2.62 bits per heavy atom. The van der Waals surface area contributed by atoms with E-state index in [1.54, 1.807) is 24.3 Å². The lowest BCUT2D eigenvalue weighted by Crippen LogP contribution is -2.21. The molecule has 24 heavy (non-hydrogen) atoms. The molecule has 8 heteroatoms. The Kier molecular flexibility index (Phi) is 6.13. The van der Waals surface area contributed by atoms with Crippen molar-refractivity contribution in [2.45, 2.75) is 47.4 Å². The molecule has 0 amide bonds. The molecule has 2 aromatic rings. The number of hydrogen-bond donors (Lipinski definition) is 1. The van der Waals surface area contributed by atoms with Crippen LogP contribution in [0.4, 0.5) is 5.13 Å². The van der Waals surface area contributed by atoms with Crippen LogP contribution in [-0.2, 0) is 9.84 Å². The van der Waals surface area contributed by atoms with E-state index in [1.807, 2.05) is 6.07 Å². The van der Waals surface area contributed by atoms with Crippen LogP contribution in [0.25, 0.3) is 0 Å². The first-order chi connectivity index (χ1) is 11.6. The van der Waals surface area contributed by atoms with Gasteiger partial charge < -0.3 is 5.32 Å². The predicted octanol–water partition coefficient (Wildman–Crippen LogP) is 3.85. The first-order valence-corrected chi connectivity index (χ1v) is 11.6. The standard InChI is InChI=1S/C16H21N3O2S3/c20-24(21,14-9-5-2-6-10-14)12-11-22-16-19-18-15(23-16)17-13-7-3-1-4-8-13/h2,5-6,9-10,13H,1,3-4,7-8,11-12H2,(H,17,18). The van der Waals surface area contributed by atoms with Gasteiger partial charge in [-0.3, -0.25) is 0 Å². The molecule has 0 spiro atoms. The third kappa shape index (κ3) is 4.94. The van der Waals surface area contributed by atoms with Gasteiger partial charge in [-0.25, -0.2) is 8.42 Å². The van der Waals surface area contributed by atoms with Gasteiger partial charge in [0.25, 0.3) is 0 Å². The van der Waals surface area contributed by atoms with Crippen molar-refractivity contribution in [3.8, 4) is 0 Å². The Bertz CT molecular complexity index is 741. The van der Waals surface area contributed by atoms with Crippen molar-refractivity contribution in [3.63, 3.8) is 0 Å². The molecule has 1 fully saturated rings. The van der Waals surface area contributed by atoms with Gasteiger partial charge in [-0.1, -0.05) is 60.6 Å². The fourth-order valence-electron chi connectivity index (χ4n) is 2.73. The zero-order valence-corrected chi connectivity index (χ0v) is 15.8. The van der Waals surface area contributed by atoms with E-state index in [2.05, 4.69) is 15.5 Å². The zero-order valence-electron chi connectivity index (χ0n) is 13.3. The molecule has 1 N–H and O–H groups in total. The number of anilines is 1. The number of thioether (sulfide) groups is 1. The summed E-state index contributed by atoms with van der Waals surface area (Å²) in [6, 6.07) is 9.08. The zero-order chi connectivity index (χ0) is 16.8. The number of nitrogens with zero attached hydrogens (tertiary/aromatic N) is 2. The van der Waals surface area contributed by atoms with E-state index in [0.29, 0.717) is 16.7 Å². The molecular formula is C16H21N3O2S3. The van der Waals surface area contributed by atoms with Crippen LogP contribution in [0.5, 0.6) is 0 Å². The van der Waals surface area contributed by atoms with Crippen LogP contribution in [0.1, 0.15) is 32.1 Å². The average molecular weight is 384 g/mol. The molecule has 0 saturated heterocycles. The molecule has 1 saturated carbocycles. The van der Waals surface area contributed by atoms with Crippen LogP contribution in [0, 0.1) is 0 Å². The van der Waals surface area contributed by atoms with Crippen molar-refractivity contribution in [3.05, 3.63) is 30.3 Å². The minimum absolute atomic E-state index is 0.104. The van der Waals surface area contributed by atoms with Crippen molar-refractivity contribution in [2.75, 3.05) is 16.8 Å². The minimum atomic E-state index is -3.23. The van der Waals surface area contributed by atoms with E-state index < -0.39 is 9.84 Å². The first kappa shape index (κ1) is 17.7. The Labute approximate surface area is 151 Å². The van der Waals surface area contributed by atoms with Gasteiger partial charge in [0.15, 0.2) is 14.2 Å². The van der Waals surface area contributed by atoms with E-state index in [9.17, 15) is 8.42 Å². The van der Waals surface area contributed by atoms with Crippen LogP contribution >= 0.6 is 23.1 Å². The van der Waals surface area contributed by atoms with Crippen molar-refractivity contribution in [2.24, 2.45) is 0 Å². The van der Waals surface area contributed by atoms with Gasteiger partial charge >= 0.3 is 0 Å². The van der Waals surface area contributed by atoms with Crippen LogP contribution < -0.4 is 5.32 Å². The second kappa shape index (κ2) is 8.31. The molecule has 130 valence electrons. The summed E-state index contributed by atoms with van der Waals surface area (Å²) in [7, 11) is -3.23. The maximum Gasteiger partial charge on any atom is 0.206 e. The maximum absolute atomic E-state index is 12.2. The molecule has 1 aliphatic carbocycles. The van der Waals surface area contributed by atoms with E-state index in [0.717, 1.165) is 9.47 Å². The van der Waals surface area contributed by atoms with Crippen molar-refractivity contribution in [1.82, 2.24) is 10.2 Å². The summed E-state index contributed by atoms with van der Waals surface area (Å²) >= 11 is 2.96. The third-order valence-corrected chi connectivity index (χ3v) is 8.00. The fourth-order valence-corrected chi connectivity index (χ4v) is 6.30. The molecule has 1 aliphatic rings.